The Kier molecular flexibility index (Phi) is 2.87. The van der Waals surface area contributed by atoms with Gasteiger partial charge in [0.25, 0.3) is 0 Å². The van der Waals surface area contributed by atoms with Gasteiger partial charge in [0.1, 0.15) is 5.82 Å². The maximum Gasteiger partial charge on any atom is 0.128 e. The lowest BCUT2D eigenvalue weighted by Crippen LogP contribution is -2.31. The zero-order valence-corrected chi connectivity index (χ0v) is 11.1. The molecule has 1 fully saturated rings. The van der Waals surface area contributed by atoms with Gasteiger partial charge >= 0.3 is 0 Å². The number of fused-ring (bicyclic) bond motifs is 1. The maximum absolute atomic E-state index is 9.28. The normalized spacial score (nSPS) is 17.3. The van der Waals surface area contributed by atoms with Crippen LogP contribution in [0.15, 0.2) is 30.3 Å². The van der Waals surface area contributed by atoms with Crippen molar-refractivity contribution in [3.8, 4) is 6.07 Å². The maximum atomic E-state index is 9.28. The number of nitrogens with zero attached hydrogens (tertiary/aromatic N) is 2. The molecule has 1 heterocycles. The first-order chi connectivity index (χ1) is 9.20. The third kappa shape index (κ3) is 2.26. The minimum atomic E-state index is 0.127. The van der Waals surface area contributed by atoms with Crippen LogP contribution in [-0.2, 0) is 0 Å². The average molecular weight is 251 g/mol. The highest BCUT2D eigenvalue weighted by Crippen LogP contribution is 2.32. The van der Waals surface area contributed by atoms with E-state index in [2.05, 4.69) is 23.3 Å². The molecule has 96 valence electrons. The molecule has 1 aromatic heterocycles. The van der Waals surface area contributed by atoms with Crippen molar-refractivity contribution in [1.82, 2.24) is 4.98 Å². The second-order valence-electron chi connectivity index (χ2n) is 5.58. The number of pyridine rings is 1. The van der Waals surface area contributed by atoms with Crippen molar-refractivity contribution in [2.45, 2.75) is 38.1 Å². The lowest BCUT2D eigenvalue weighted by atomic mass is 10.0. The van der Waals surface area contributed by atoms with Gasteiger partial charge in [-0.25, -0.2) is 4.98 Å². The highest BCUT2D eigenvalue weighted by molar-refractivity contribution is 5.86. The van der Waals surface area contributed by atoms with Crippen molar-refractivity contribution in [3.05, 3.63) is 35.9 Å². The van der Waals surface area contributed by atoms with Crippen LogP contribution in [0, 0.1) is 11.3 Å². The van der Waals surface area contributed by atoms with Crippen molar-refractivity contribution in [3.63, 3.8) is 0 Å². The summed E-state index contributed by atoms with van der Waals surface area (Å²) in [5.41, 5.74) is 1.70. The quantitative estimate of drug-likeness (QED) is 0.881. The molecule has 2 aromatic rings. The van der Waals surface area contributed by atoms with Crippen molar-refractivity contribution >= 4 is 16.7 Å². The summed E-state index contributed by atoms with van der Waals surface area (Å²) in [5.74, 6) is 0.819. The summed E-state index contributed by atoms with van der Waals surface area (Å²) < 4.78 is 0. The first-order valence-corrected chi connectivity index (χ1v) is 6.78. The minimum absolute atomic E-state index is 0.127. The second kappa shape index (κ2) is 4.55. The van der Waals surface area contributed by atoms with Crippen molar-refractivity contribution < 1.29 is 0 Å². The summed E-state index contributed by atoms with van der Waals surface area (Å²) in [6.45, 7) is 2.24. The molecule has 3 rings (SSSR count). The number of nitrogens with one attached hydrogen (secondary N) is 1. The molecule has 3 nitrogen and oxygen atoms in total. The van der Waals surface area contributed by atoms with Crippen LogP contribution in [0.2, 0.25) is 0 Å². The summed E-state index contributed by atoms with van der Waals surface area (Å²) in [6, 6.07) is 11.9. The van der Waals surface area contributed by atoms with Gasteiger partial charge in [0.15, 0.2) is 0 Å². The zero-order chi connectivity index (χ0) is 13.3. The summed E-state index contributed by atoms with van der Waals surface area (Å²) in [4.78, 5) is 4.63. The molecule has 0 atom stereocenters. The minimum Gasteiger partial charge on any atom is -0.365 e. The van der Waals surface area contributed by atoms with Gasteiger partial charge in [-0.3, -0.25) is 0 Å². The SMILES string of the molecule is CC1(Nc2cc(C#N)c3ccccc3n2)CCCC1. The van der Waals surface area contributed by atoms with Gasteiger partial charge in [0.2, 0.25) is 0 Å². The molecule has 0 saturated heterocycles. The number of hydrogen-bond acceptors (Lipinski definition) is 3. The number of anilines is 1. The Morgan fingerprint density at radius 3 is 2.74 bits per heavy atom. The molecule has 0 radical (unpaired) electrons. The smallest absolute Gasteiger partial charge is 0.128 e. The molecule has 0 spiro atoms. The van der Waals surface area contributed by atoms with Gasteiger partial charge < -0.3 is 5.32 Å². The third-order valence-electron chi connectivity index (χ3n) is 3.97. The Labute approximate surface area is 113 Å². The fraction of sp³-hybridized carbons (Fsp3) is 0.375. The van der Waals surface area contributed by atoms with E-state index in [0.717, 1.165) is 16.7 Å². The largest absolute Gasteiger partial charge is 0.365 e. The van der Waals surface area contributed by atoms with Crippen LogP contribution in [0.1, 0.15) is 38.2 Å². The zero-order valence-electron chi connectivity index (χ0n) is 11.1. The van der Waals surface area contributed by atoms with Gasteiger partial charge in [-0.2, -0.15) is 5.26 Å². The molecule has 1 N–H and O–H groups in total. The van der Waals surface area contributed by atoms with Crippen molar-refractivity contribution in [2.75, 3.05) is 5.32 Å². The molecule has 19 heavy (non-hydrogen) atoms. The molecule has 1 aromatic carbocycles. The first-order valence-electron chi connectivity index (χ1n) is 6.78. The molecular weight excluding hydrogens is 234 g/mol. The Morgan fingerprint density at radius 1 is 1.26 bits per heavy atom. The van der Waals surface area contributed by atoms with E-state index >= 15 is 0 Å². The van der Waals surface area contributed by atoms with Gasteiger partial charge in [0.05, 0.1) is 17.1 Å². The van der Waals surface area contributed by atoms with E-state index in [1.807, 2.05) is 30.3 Å². The predicted octanol–water partition coefficient (Wildman–Crippen LogP) is 3.85. The van der Waals surface area contributed by atoms with Crippen LogP contribution in [-0.4, -0.2) is 10.5 Å². The molecule has 0 unspecified atom stereocenters. The number of rotatable bonds is 2. The van der Waals surface area contributed by atoms with E-state index in [-0.39, 0.29) is 5.54 Å². The molecule has 1 saturated carbocycles. The van der Waals surface area contributed by atoms with E-state index in [1.165, 1.54) is 25.7 Å². The van der Waals surface area contributed by atoms with Crippen LogP contribution in [0.5, 0.6) is 0 Å². The van der Waals surface area contributed by atoms with Gasteiger partial charge in [-0.15, -0.1) is 0 Å². The highest BCUT2D eigenvalue weighted by Gasteiger charge is 2.28. The Bertz CT molecular complexity index is 649. The van der Waals surface area contributed by atoms with Crippen LogP contribution in [0.3, 0.4) is 0 Å². The Hall–Kier alpha value is -2.08. The summed E-state index contributed by atoms with van der Waals surface area (Å²) in [5, 5.41) is 13.7. The summed E-state index contributed by atoms with van der Waals surface area (Å²) >= 11 is 0. The molecule has 0 bridgehead atoms. The van der Waals surface area contributed by atoms with E-state index in [9.17, 15) is 5.26 Å². The molecule has 3 heteroatoms. The van der Waals surface area contributed by atoms with E-state index in [1.54, 1.807) is 0 Å². The third-order valence-corrected chi connectivity index (χ3v) is 3.97. The second-order valence-corrected chi connectivity index (χ2v) is 5.58. The molecule has 1 aliphatic rings. The molecule has 1 aliphatic carbocycles. The van der Waals surface area contributed by atoms with E-state index < -0.39 is 0 Å². The fourth-order valence-electron chi connectivity index (χ4n) is 2.92. The predicted molar refractivity (Wildman–Crippen MR) is 77.0 cm³/mol. The topological polar surface area (TPSA) is 48.7 Å². The van der Waals surface area contributed by atoms with Crippen LogP contribution in [0.4, 0.5) is 5.82 Å². The van der Waals surface area contributed by atoms with Crippen LogP contribution in [0.25, 0.3) is 10.9 Å². The van der Waals surface area contributed by atoms with Crippen molar-refractivity contribution in [2.24, 2.45) is 0 Å². The van der Waals surface area contributed by atoms with Crippen LogP contribution >= 0.6 is 0 Å². The lowest BCUT2D eigenvalue weighted by Gasteiger charge is -2.26. The number of aromatic nitrogens is 1. The molecular formula is C16H17N3. The highest BCUT2D eigenvalue weighted by atomic mass is 15.1. The van der Waals surface area contributed by atoms with E-state index in [0.29, 0.717) is 5.56 Å². The summed E-state index contributed by atoms with van der Waals surface area (Å²) in [7, 11) is 0. The Balaban J connectivity index is 2.03. The molecule has 0 amide bonds. The van der Waals surface area contributed by atoms with E-state index in [4.69, 9.17) is 0 Å². The Morgan fingerprint density at radius 2 is 2.00 bits per heavy atom. The standard InChI is InChI=1S/C16H17N3/c1-16(8-4-5-9-16)19-15-10-12(11-17)13-6-2-3-7-14(13)18-15/h2-3,6-7,10H,4-5,8-9H2,1H3,(H,18,19). The first kappa shape index (κ1) is 12.0. The number of benzene rings is 1. The lowest BCUT2D eigenvalue weighted by molar-refractivity contribution is 0.531. The molecule has 0 aliphatic heterocycles. The van der Waals surface area contributed by atoms with Gasteiger partial charge in [0, 0.05) is 10.9 Å². The van der Waals surface area contributed by atoms with Crippen LogP contribution < -0.4 is 5.32 Å². The number of hydrogen-bond donors (Lipinski definition) is 1. The van der Waals surface area contributed by atoms with Gasteiger partial charge in [-0.1, -0.05) is 31.0 Å². The summed E-state index contributed by atoms with van der Waals surface area (Å²) in [6.07, 6.45) is 4.87. The fourth-order valence-corrected chi connectivity index (χ4v) is 2.92. The number of nitriles is 1. The monoisotopic (exact) mass is 251 g/mol. The number of para-hydroxylation sites is 1. The van der Waals surface area contributed by atoms with Crippen molar-refractivity contribution in [1.29, 1.82) is 5.26 Å². The van der Waals surface area contributed by atoms with Gasteiger partial charge in [-0.05, 0) is 31.9 Å². The average Bonchev–Trinajstić information content (AvgIpc) is 2.84.